The van der Waals surface area contributed by atoms with Gasteiger partial charge in [-0.15, -0.1) is 0 Å². The van der Waals surface area contributed by atoms with Crippen LogP contribution in [-0.4, -0.2) is 102 Å². The Hall–Kier alpha value is -2.38. The van der Waals surface area contributed by atoms with Gasteiger partial charge in [0.25, 0.3) is 10.1 Å². The van der Waals surface area contributed by atoms with Crippen LogP contribution < -0.4 is 4.90 Å². The molecule has 2 aliphatic rings. The summed E-state index contributed by atoms with van der Waals surface area (Å²) in [6.07, 6.45) is 1.47. The molecule has 10 nitrogen and oxygen atoms in total. The van der Waals surface area contributed by atoms with Gasteiger partial charge >= 0.3 is 0 Å². The number of amides is 1. The van der Waals surface area contributed by atoms with Crippen molar-refractivity contribution in [2.45, 2.75) is 31.3 Å². The molecule has 1 fully saturated rings. The fraction of sp³-hybridized carbons (Fsp3) is 0.560. The van der Waals surface area contributed by atoms with Crippen molar-refractivity contribution in [3.8, 4) is 0 Å². The number of carbonyl (C=O) groups is 1. The van der Waals surface area contributed by atoms with Crippen molar-refractivity contribution in [3.05, 3.63) is 52.4 Å². The van der Waals surface area contributed by atoms with Crippen LogP contribution >= 0.6 is 11.6 Å². The number of hydrogen-bond donors (Lipinski definition) is 2. The average molecular weight is 570 g/mol. The molecule has 0 bridgehead atoms. The monoisotopic (exact) mass is 569 g/mol. The van der Waals surface area contributed by atoms with Crippen LogP contribution in [0.25, 0.3) is 0 Å². The molecule has 0 spiro atoms. The number of benzene rings is 1. The first-order valence-electron chi connectivity index (χ1n) is 12.6. The highest BCUT2D eigenvalue weighted by molar-refractivity contribution is 7.85. The molecule has 13 heteroatoms. The van der Waals surface area contributed by atoms with Gasteiger partial charge in [-0.3, -0.25) is 14.2 Å². The lowest BCUT2D eigenvalue weighted by Gasteiger charge is -2.38. The van der Waals surface area contributed by atoms with E-state index in [1.807, 2.05) is 6.92 Å². The molecule has 2 N–H and O–H groups in total. The van der Waals surface area contributed by atoms with Gasteiger partial charge in [-0.1, -0.05) is 30.7 Å². The van der Waals surface area contributed by atoms with Crippen LogP contribution in [0.2, 0.25) is 5.02 Å². The highest BCUT2D eigenvalue weighted by Crippen LogP contribution is 2.42. The van der Waals surface area contributed by atoms with Crippen molar-refractivity contribution in [1.82, 2.24) is 19.8 Å². The number of aliphatic hydroxyl groups is 1. The minimum Gasteiger partial charge on any atom is -0.387 e. The van der Waals surface area contributed by atoms with Crippen LogP contribution in [0.15, 0.2) is 30.6 Å². The molecule has 1 aliphatic carbocycles. The molecule has 2 heterocycles. The van der Waals surface area contributed by atoms with Crippen LogP contribution in [0.1, 0.15) is 48.1 Å². The normalized spacial score (nSPS) is 20.6. The van der Waals surface area contributed by atoms with Crippen molar-refractivity contribution in [2.24, 2.45) is 0 Å². The van der Waals surface area contributed by atoms with E-state index in [4.69, 9.17) is 11.6 Å². The molecule has 1 aliphatic heterocycles. The van der Waals surface area contributed by atoms with Crippen molar-refractivity contribution in [2.75, 3.05) is 63.1 Å². The number of halogens is 2. The van der Waals surface area contributed by atoms with Gasteiger partial charge in [0.1, 0.15) is 18.8 Å². The lowest BCUT2D eigenvalue weighted by Crippen LogP contribution is -2.51. The van der Waals surface area contributed by atoms with Crippen LogP contribution in [0.5, 0.6) is 0 Å². The molecule has 0 saturated carbocycles. The van der Waals surface area contributed by atoms with E-state index in [1.54, 1.807) is 29.2 Å². The molecule has 0 unspecified atom stereocenters. The number of aromatic nitrogens is 2. The lowest BCUT2D eigenvalue weighted by molar-refractivity contribution is -0.133. The third kappa shape index (κ3) is 6.78. The zero-order valence-corrected chi connectivity index (χ0v) is 22.8. The molecule has 1 saturated heterocycles. The quantitative estimate of drug-likeness (QED) is 0.414. The third-order valence-electron chi connectivity index (χ3n) is 7.25. The van der Waals surface area contributed by atoms with E-state index < -0.39 is 34.6 Å². The summed E-state index contributed by atoms with van der Waals surface area (Å²) in [6.45, 7) is 3.21. The Morgan fingerprint density at radius 3 is 2.50 bits per heavy atom. The topological polar surface area (TPSA) is 127 Å². The molecular formula is C25H33ClFN5O5S. The number of fused-ring (bicyclic) bond motifs is 1. The van der Waals surface area contributed by atoms with Crippen LogP contribution in [-0.2, 0) is 14.9 Å². The smallest absolute Gasteiger partial charge is 0.266 e. The molecule has 2 aromatic rings. The Balaban J connectivity index is 1.50. The van der Waals surface area contributed by atoms with Gasteiger partial charge in [-0.05, 0) is 30.0 Å². The second kappa shape index (κ2) is 12.2. The average Bonchev–Trinajstić information content (AvgIpc) is 3.19. The Morgan fingerprint density at radius 1 is 1.18 bits per heavy atom. The summed E-state index contributed by atoms with van der Waals surface area (Å²) in [7, 11) is -4.24. The predicted octanol–water partition coefficient (Wildman–Crippen LogP) is 2.26. The second-order valence-electron chi connectivity index (χ2n) is 9.84. The van der Waals surface area contributed by atoms with Crippen LogP contribution in [0.3, 0.4) is 0 Å². The van der Waals surface area contributed by atoms with Gasteiger partial charge in [0.05, 0.1) is 23.5 Å². The molecule has 3 atom stereocenters. The molecule has 1 aromatic heterocycles. The summed E-state index contributed by atoms with van der Waals surface area (Å²) in [5, 5.41) is 10.8. The minimum absolute atomic E-state index is 0.0659. The molecule has 4 rings (SSSR count). The molecule has 1 amide bonds. The molecular weight excluding hydrogens is 537 g/mol. The van der Waals surface area contributed by atoms with Gasteiger partial charge in [0.15, 0.2) is 0 Å². The highest BCUT2D eigenvalue weighted by Gasteiger charge is 2.35. The summed E-state index contributed by atoms with van der Waals surface area (Å²) in [5.41, 5.74) is 2.31. The summed E-state index contributed by atoms with van der Waals surface area (Å²) in [4.78, 5) is 28.0. The van der Waals surface area contributed by atoms with E-state index >= 15 is 0 Å². The lowest BCUT2D eigenvalue weighted by atomic mass is 9.96. The Morgan fingerprint density at radius 2 is 1.87 bits per heavy atom. The maximum Gasteiger partial charge on any atom is 0.266 e. The fourth-order valence-electron chi connectivity index (χ4n) is 5.25. The van der Waals surface area contributed by atoms with E-state index in [1.165, 1.54) is 11.2 Å². The number of rotatable bonds is 10. The summed E-state index contributed by atoms with van der Waals surface area (Å²) < 4.78 is 45.0. The van der Waals surface area contributed by atoms with Crippen molar-refractivity contribution < 1.29 is 27.3 Å². The van der Waals surface area contributed by atoms with Gasteiger partial charge in [0.2, 0.25) is 5.91 Å². The summed E-state index contributed by atoms with van der Waals surface area (Å²) >= 11 is 6.05. The van der Waals surface area contributed by atoms with E-state index in [-0.39, 0.29) is 31.5 Å². The number of carbonyl (C=O) groups excluding carboxylic acids is 1. The number of aliphatic hydroxyl groups excluding tert-OH is 1. The van der Waals surface area contributed by atoms with Crippen LogP contribution in [0, 0.1) is 0 Å². The molecule has 38 heavy (non-hydrogen) atoms. The second-order valence-corrected chi connectivity index (χ2v) is 11.8. The first kappa shape index (κ1) is 28.6. The number of nitrogens with zero attached hydrogens (tertiary/aromatic N) is 5. The van der Waals surface area contributed by atoms with Crippen molar-refractivity contribution in [1.29, 1.82) is 0 Å². The third-order valence-corrected chi connectivity index (χ3v) is 8.20. The van der Waals surface area contributed by atoms with Gasteiger partial charge < -0.3 is 14.9 Å². The van der Waals surface area contributed by atoms with E-state index in [0.29, 0.717) is 48.9 Å². The zero-order chi connectivity index (χ0) is 27.4. The molecule has 208 valence electrons. The van der Waals surface area contributed by atoms with E-state index in [0.717, 1.165) is 11.4 Å². The highest BCUT2D eigenvalue weighted by atomic mass is 35.5. The van der Waals surface area contributed by atoms with Gasteiger partial charge in [-0.2, -0.15) is 8.42 Å². The molecule has 0 radical (unpaired) electrons. The van der Waals surface area contributed by atoms with Gasteiger partial charge in [0, 0.05) is 56.4 Å². The van der Waals surface area contributed by atoms with Gasteiger partial charge in [-0.25, -0.2) is 14.4 Å². The van der Waals surface area contributed by atoms with Crippen molar-refractivity contribution in [3.63, 3.8) is 0 Å². The fourth-order valence-corrected chi connectivity index (χ4v) is 5.87. The maximum absolute atomic E-state index is 13.8. The standard InChI is InChI=1S/C25H33ClFN5O5S/c1-17-14-21(33)23-22(17)24(29-16-28-23)31-8-10-32(11-9-31)25(34)20(18-2-4-19(26)5-3-18)15-30(7-6-27)12-13-38(35,36)37/h2-5,16-17,20-21,33H,6-15H2,1H3,(H,35,36,37)/t17-,20-,21-/m1/s1. The largest absolute Gasteiger partial charge is 0.387 e. The first-order valence-corrected chi connectivity index (χ1v) is 14.6. The number of piperazine rings is 1. The Kier molecular flexibility index (Phi) is 9.19. The predicted molar refractivity (Wildman–Crippen MR) is 142 cm³/mol. The minimum atomic E-state index is -4.24. The Labute approximate surface area is 227 Å². The number of hydrogen-bond acceptors (Lipinski definition) is 8. The number of anilines is 1. The van der Waals surface area contributed by atoms with Crippen molar-refractivity contribution >= 4 is 33.4 Å². The zero-order valence-electron chi connectivity index (χ0n) is 21.2. The van der Waals surface area contributed by atoms with E-state index in [2.05, 4.69) is 14.9 Å². The summed E-state index contributed by atoms with van der Waals surface area (Å²) in [5.74, 6) is -0.456. The van der Waals surface area contributed by atoms with Crippen LogP contribution in [0.4, 0.5) is 10.2 Å². The SMILES string of the molecule is C[C@@H]1C[C@@H](O)c2ncnc(N3CCN(C(=O)[C@H](CN(CCF)CCS(=O)(=O)O)c4ccc(Cl)cc4)CC3)c21. The summed E-state index contributed by atoms with van der Waals surface area (Å²) in [6, 6.07) is 6.85. The molecule has 1 aromatic carbocycles. The Bertz CT molecular complexity index is 1230. The van der Waals surface area contributed by atoms with E-state index in [9.17, 15) is 27.3 Å². The maximum atomic E-state index is 13.8. The first-order chi connectivity index (χ1) is 18.1. The number of alkyl halides is 1.